The van der Waals surface area contributed by atoms with E-state index in [0.717, 1.165) is 18.2 Å². The number of aromatic nitrogens is 2. The molecular formula is C13H17N3O. The second-order valence-electron chi connectivity index (χ2n) is 4.49. The molecule has 4 nitrogen and oxygen atoms in total. The van der Waals surface area contributed by atoms with Crippen LogP contribution in [-0.2, 0) is 6.61 Å². The van der Waals surface area contributed by atoms with Crippen molar-refractivity contribution < 1.29 is 5.11 Å². The van der Waals surface area contributed by atoms with Gasteiger partial charge in [0.15, 0.2) is 0 Å². The zero-order valence-corrected chi connectivity index (χ0v) is 10.1. The summed E-state index contributed by atoms with van der Waals surface area (Å²) in [6, 6.07) is 1.79. The van der Waals surface area contributed by atoms with Crippen molar-refractivity contribution in [3.8, 4) is 12.3 Å². The van der Waals surface area contributed by atoms with Crippen LogP contribution in [0.5, 0.6) is 0 Å². The molecule has 0 radical (unpaired) electrons. The van der Waals surface area contributed by atoms with Gasteiger partial charge in [-0.25, -0.2) is 9.97 Å². The van der Waals surface area contributed by atoms with E-state index in [-0.39, 0.29) is 6.61 Å². The van der Waals surface area contributed by atoms with E-state index in [4.69, 9.17) is 11.5 Å². The smallest absolute Gasteiger partial charge is 0.226 e. The van der Waals surface area contributed by atoms with Crippen LogP contribution in [0.15, 0.2) is 6.07 Å². The largest absolute Gasteiger partial charge is 0.390 e. The van der Waals surface area contributed by atoms with Crippen molar-refractivity contribution in [2.75, 3.05) is 18.0 Å². The van der Waals surface area contributed by atoms with E-state index in [2.05, 4.69) is 15.9 Å². The summed E-state index contributed by atoms with van der Waals surface area (Å²) in [5.74, 6) is 4.00. The Hall–Kier alpha value is -1.60. The maximum absolute atomic E-state index is 9.14. The third-order valence-electron chi connectivity index (χ3n) is 2.80. The number of hydrogen-bond acceptors (Lipinski definition) is 4. The molecule has 0 amide bonds. The first-order valence-corrected chi connectivity index (χ1v) is 5.86. The van der Waals surface area contributed by atoms with E-state index in [1.54, 1.807) is 6.07 Å². The molecule has 17 heavy (non-hydrogen) atoms. The molecule has 0 unspecified atom stereocenters. The van der Waals surface area contributed by atoms with Crippen molar-refractivity contribution in [1.29, 1.82) is 0 Å². The molecular weight excluding hydrogens is 214 g/mol. The predicted molar refractivity (Wildman–Crippen MR) is 66.5 cm³/mol. The van der Waals surface area contributed by atoms with Gasteiger partial charge in [-0.05, 0) is 31.7 Å². The van der Waals surface area contributed by atoms with Crippen LogP contribution in [0.4, 0.5) is 5.95 Å². The zero-order valence-electron chi connectivity index (χ0n) is 10.1. The number of hydrogen-bond donors (Lipinski definition) is 1. The van der Waals surface area contributed by atoms with E-state index >= 15 is 0 Å². The lowest BCUT2D eigenvalue weighted by molar-refractivity contribution is 0.276. The van der Waals surface area contributed by atoms with Crippen molar-refractivity contribution in [3.63, 3.8) is 0 Å². The lowest BCUT2D eigenvalue weighted by Crippen LogP contribution is -2.28. The highest BCUT2D eigenvalue weighted by atomic mass is 16.3. The lowest BCUT2D eigenvalue weighted by Gasteiger charge is -2.20. The molecule has 0 atom stereocenters. The second kappa shape index (κ2) is 5.15. The Kier molecular flexibility index (Phi) is 3.60. The summed E-state index contributed by atoms with van der Waals surface area (Å²) in [5, 5.41) is 9.14. The first kappa shape index (κ1) is 11.9. The van der Waals surface area contributed by atoms with Crippen LogP contribution in [-0.4, -0.2) is 28.2 Å². The van der Waals surface area contributed by atoms with Gasteiger partial charge in [0.1, 0.15) is 0 Å². The lowest BCUT2D eigenvalue weighted by atomic mass is 10.3. The number of nitrogens with zero attached hydrogens (tertiary/aromatic N) is 3. The van der Waals surface area contributed by atoms with E-state index in [0.29, 0.717) is 18.2 Å². The summed E-state index contributed by atoms with van der Waals surface area (Å²) >= 11 is 0. The van der Waals surface area contributed by atoms with Gasteiger partial charge in [-0.2, -0.15) is 0 Å². The molecule has 4 heteroatoms. The minimum Gasteiger partial charge on any atom is -0.390 e. The number of aliphatic hydroxyl groups excluding tert-OH is 1. The first-order chi connectivity index (χ1) is 8.22. The van der Waals surface area contributed by atoms with Gasteiger partial charge in [-0.1, -0.05) is 5.92 Å². The number of rotatable bonds is 5. The third kappa shape index (κ3) is 3.18. The molecule has 1 aliphatic rings. The molecule has 0 bridgehead atoms. The molecule has 1 saturated carbocycles. The Morgan fingerprint density at radius 2 is 2.29 bits per heavy atom. The van der Waals surface area contributed by atoms with Crippen LogP contribution in [0.2, 0.25) is 0 Å². The average molecular weight is 231 g/mol. The van der Waals surface area contributed by atoms with Crippen LogP contribution < -0.4 is 4.90 Å². The summed E-state index contributed by atoms with van der Waals surface area (Å²) in [5.41, 5.74) is 1.50. The van der Waals surface area contributed by atoms with Crippen LogP contribution in [0, 0.1) is 25.2 Å². The van der Waals surface area contributed by atoms with Gasteiger partial charge in [0.2, 0.25) is 5.95 Å². The van der Waals surface area contributed by atoms with E-state index < -0.39 is 0 Å². The van der Waals surface area contributed by atoms with E-state index in [1.807, 2.05) is 11.8 Å². The van der Waals surface area contributed by atoms with Gasteiger partial charge >= 0.3 is 0 Å². The SMILES string of the molecule is C#CCN(CC1CC1)c1nc(C)cc(CO)n1. The fraction of sp³-hybridized carbons (Fsp3) is 0.538. The monoisotopic (exact) mass is 231 g/mol. The van der Waals surface area contributed by atoms with Gasteiger partial charge in [-0.3, -0.25) is 0 Å². The van der Waals surface area contributed by atoms with Crippen LogP contribution in [0.25, 0.3) is 0 Å². The van der Waals surface area contributed by atoms with Crippen molar-refractivity contribution in [2.45, 2.75) is 26.4 Å². The summed E-state index contributed by atoms with van der Waals surface area (Å²) in [7, 11) is 0. The third-order valence-corrected chi connectivity index (χ3v) is 2.80. The van der Waals surface area contributed by atoms with Crippen molar-refractivity contribution >= 4 is 5.95 Å². The first-order valence-electron chi connectivity index (χ1n) is 5.86. The molecule has 1 aromatic heterocycles. The molecule has 0 saturated heterocycles. The summed E-state index contributed by atoms with van der Waals surface area (Å²) in [6.45, 7) is 3.27. The van der Waals surface area contributed by atoms with Crippen LogP contribution in [0.3, 0.4) is 0 Å². The van der Waals surface area contributed by atoms with Gasteiger partial charge in [0.25, 0.3) is 0 Å². The van der Waals surface area contributed by atoms with Gasteiger partial charge < -0.3 is 10.0 Å². The fourth-order valence-corrected chi connectivity index (χ4v) is 1.78. The Labute approximate surface area is 102 Å². The average Bonchev–Trinajstić information content (AvgIpc) is 3.11. The molecule has 0 aromatic carbocycles. The highest BCUT2D eigenvalue weighted by Gasteiger charge is 2.25. The number of aliphatic hydroxyl groups is 1. The molecule has 1 fully saturated rings. The van der Waals surface area contributed by atoms with Crippen molar-refractivity contribution in [2.24, 2.45) is 5.92 Å². The second-order valence-corrected chi connectivity index (χ2v) is 4.49. The minimum atomic E-state index is -0.0658. The maximum atomic E-state index is 9.14. The predicted octanol–water partition coefficient (Wildman–Crippen LogP) is 1.13. The molecule has 2 rings (SSSR count). The topological polar surface area (TPSA) is 49.2 Å². The number of aryl methyl sites for hydroxylation is 1. The van der Waals surface area contributed by atoms with Crippen LogP contribution >= 0.6 is 0 Å². The zero-order chi connectivity index (χ0) is 12.3. The molecule has 0 aliphatic heterocycles. The molecule has 1 aromatic rings. The van der Waals surface area contributed by atoms with Gasteiger partial charge in [0.05, 0.1) is 18.8 Å². The van der Waals surface area contributed by atoms with Crippen molar-refractivity contribution in [3.05, 3.63) is 17.5 Å². The fourth-order valence-electron chi connectivity index (χ4n) is 1.78. The Bertz CT molecular complexity index is 435. The summed E-state index contributed by atoms with van der Waals surface area (Å²) < 4.78 is 0. The summed E-state index contributed by atoms with van der Waals surface area (Å²) in [6.07, 6.45) is 7.90. The van der Waals surface area contributed by atoms with Gasteiger partial charge in [0, 0.05) is 12.2 Å². The van der Waals surface area contributed by atoms with Crippen molar-refractivity contribution in [1.82, 2.24) is 9.97 Å². The minimum absolute atomic E-state index is 0.0658. The standard InChI is InChI=1S/C13H17N3O/c1-3-6-16(8-11-4-5-11)13-14-10(2)7-12(9-17)15-13/h1,7,11,17H,4-6,8-9H2,2H3. The quantitative estimate of drug-likeness (QED) is 0.772. The van der Waals surface area contributed by atoms with Crippen LogP contribution in [0.1, 0.15) is 24.2 Å². The Morgan fingerprint density at radius 3 is 2.88 bits per heavy atom. The molecule has 1 heterocycles. The number of anilines is 1. The maximum Gasteiger partial charge on any atom is 0.226 e. The molecule has 1 aliphatic carbocycles. The molecule has 1 N–H and O–H groups in total. The van der Waals surface area contributed by atoms with E-state index in [9.17, 15) is 0 Å². The highest BCUT2D eigenvalue weighted by molar-refractivity contribution is 5.34. The number of terminal acetylenes is 1. The Balaban J connectivity index is 2.20. The Morgan fingerprint density at radius 1 is 1.53 bits per heavy atom. The van der Waals surface area contributed by atoms with E-state index in [1.165, 1.54) is 12.8 Å². The van der Waals surface area contributed by atoms with Gasteiger partial charge in [-0.15, -0.1) is 6.42 Å². The summed E-state index contributed by atoms with van der Waals surface area (Å²) in [4.78, 5) is 10.7. The highest BCUT2D eigenvalue weighted by Crippen LogP contribution is 2.30. The molecule has 0 spiro atoms. The molecule has 90 valence electrons. The normalized spacial score (nSPS) is 14.4.